The molecular formula is C19H22F3N3O. The molecule has 140 valence electrons. The number of benzene rings is 2. The van der Waals surface area contributed by atoms with Gasteiger partial charge in [0.15, 0.2) is 5.96 Å². The number of nitrogens with two attached hydrogens (primary N) is 1. The molecule has 7 heteroatoms. The van der Waals surface area contributed by atoms with Gasteiger partial charge in [0.25, 0.3) is 0 Å². The Kier molecular flexibility index (Phi) is 6.63. The molecule has 0 radical (unpaired) electrons. The molecule has 0 aliphatic rings. The van der Waals surface area contributed by atoms with Gasteiger partial charge in [-0.15, -0.1) is 0 Å². The molecule has 0 bridgehead atoms. The van der Waals surface area contributed by atoms with E-state index in [0.29, 0.717) is 12.1 Å². The molecule has 2 aromatic rings. The molecule has 4 nitrogen and oxygen atoms in total. The number of guanidine groups is 1. The first-order valence-electron chi connectivity index (χ1n) is 8.09. The third-order valence-electron chi connectivity index (χ3n) is 3.45. The van der Waals surface area contributed by atoms with Crippen molar-refractivity contribution in [3.63, 3.8) is 0 Å². The number of nitrogens with one attached hydrogen (secondary N) is 1. The molecule has 0 aliphatic heterocycles. The van der Waals surface area contributed by atoms with Crippen molar-refractivity contribution in [2.24, 2.45) is 10.7 Å². The summed E-state index contributed by atoms with van der Waals surface area (Å²) in [5.41, 5.74) is 10.5. The number of nitrogens with zero attached hydrogens (tertiary/aromatic N) is 1. The van der Waals surface area contributed by atoms with Crippen LogP contribution >= 0.6 is 0 Å². The Bertz CT molecular complexity index is 753. The van der Waals surface area contributed by atoms with Gasteiger partial charge in [-0.2, -0.15) is 13.2 Å². The molecule has 0 unspecified atom stereocenters. The number of halogens is 3. The minimum atomic E-state index is -4.32. The summed E-state index contributed by atoms with van der Waals surface area (Å²) in [6.45, 7) is 2.95. The highest BCUT2D eigenvalue weighted by Gasteiger charge is 2.27. The number of hydrogen-bond acceptors (Lipinski definition) is 2. The minimum absolute atomic E-state index is 0.104. The Balaban J connectivity index is 1.93. The van der Waals surface area contributed by atoms with Gasteiger partial charge < -0.3 is 15.8 Å². The van der Waals surface area contributed by atoms with Crippen molar-refractivity contribution in [1.82, 2.24) is 0 Å². The Morgan fingerprint density at radius 2 is 1.73 bits per heavy atom. The van der Waals surface area contributed by atoms with E-state index in [1.165, 1.54) is 0 Å². The Labute approximate surface area is 150 Å². The highest BCUT2D eigenvalue weighted by molar-refractivity contribution is 5.92. The van der Waals surface area contributed by atoms with Crippen LogP contribution in [-0.2, 0) is 17.9 Å². The van der Waals surface area contributed by atoms with E-state index in [4.69, 9.17) is 5.73 Å². The molecule has 0 spiro atoms. The molecule has 0 amide bonds. The number of hydrogen-bond donors (Lipinski definition) is 2. The second-order valence-corrected chi connectivity index (χ2v) is 6.13. The molecule has 2 aromatic carbocycles. The lowest BCUT2D eigenvalue weighted by molar-refractivity contribution is -0.176. The van der Waals surface area contributed by atoms with Gasteiger partial charge in [0.05, 0.1) is 13.2 Å². The standard InChI is InChI=1S/C19H22F3N3O/c1-13-6-14(2)8-17(7-13)25-18(23)24-10-15-4-3-5-16(9-15)11-26-12-19(20,21)22/h3-9H,10-12H2,1-2H3,(H3,23,24,25). The number of anilines is 1. The zero-order valence-corrected chi connectivity index (χ0v) is 14.7. The van der Waals surface area contributed by atoms with Crippen molar-refractivity contribution in [3.05, 3.63) is 64.7 Å². The van der Waals surface area contributed by atoms with Gasteiger partial charge in [0.1, 0.15) is 6.61 Å². The van der Waals surface area contributed by atoms with Gasteiger partial charge in [-0.3, -0.25) is 0 Å². The zero-order valence-electron chi connectivity index (χ0n) is 14.7. The average Bonchev–Trinajstić information content (AvgIpc) is 2.51. The van der Waals surface area contributed by atoms with E-state index in [0.717, 1.165) is 22.4 Å². The minimum Gasteiger partial charge on any atom is -0.370 e. The summed E-state index contributed by atoms with van der Waals surface area (Å²) in [4.78, 5) is 4.27. The normalized spacial score (nSPS) is 12.3. The monoisotopic (exact) mass is 365 g/mol. The summed E-state index contributed by atoms with van der Waals surface area (Å²) >= 11 is 0. The first-order chi connectivity index (χ1) is 12.2. The van der Waals surface area contributed by atoms with E-state index in [9.17, 15) is 13.2 Å². The van der Waals surface area contributed by atoms with Crippen LogP contribution in [0.1, 0.15) is 22.3 Å². The summed E-state index contributed by atoms with van der Waals surface area (Å²) in [5, 5.41) is 3.04. The molecule has 0 fully saturated rings. The maximum atomic E-state index is 12.1. The lowest BCUT2D eigenvalue weighted by Crippen LogP contribution is -2.22. The first kappa shape index (κ1) is 19.8. The van der Waals surface area contributed by atoms with E-state index in [2.05, 4.69) is 21.1 Å². The Hall–Kier alpha value is -2.54. The average molecular weight is 365 g/mol. The maximum absolute atomic E-state index is 12.1. The second kappa shape index (κ2) is 8.71. The maximum Gasteiger partial charge on any atom is 0.411 e. The van der Waals surface area contributed by atoms with Crippen LogP contribution in [0.2, 0.25) is 0 Å². The second-order valence-electron chi connectivity index (χ2n) is 6.13. The van der Waals surface area contributed by atoms with Gasteiger partial charge in [0.2, 0.25) is 0 Å². The van der Waals surface area contributed by atoms with Crippen molar-refractivity contribution in [2.45, 2.75) is 33.2 Å². The molecule has 0 heterocycles. The van der Waals surface area contributed by atoms with Crippen molar-refractivity contribution in [1.29, 1.82) is 0 Å². The van der Waals surface area contributed by atoms with Gasteiger partial charge >= 0.3 is 6.18 Å². The smallest absolute Gasteiger partial charge is 0.370 e. The van der Waals surface area contributed by atoms with Crippen LogP contribution in [0.15, 0.2) is 47.5 Å². The fraction of sp³-hybridized carbons (Fsp3) is 0.316. The van der Waals surface area contributed by atoms with Gasteiger partial charge in [-0.05, 0) is 48.2 Å². The predicted octanol–water partition coefficient (Wildman–Crippen LogP) is 4.31. The summed E-state index contributed by atoms with van der Waals surface area (Å²) in [5.74, 6) is 0.272. The predicted molar refractivity (Wildman–Crippen MR) is 97.0 cm³/mol. The lowest BCUT2D eigenvalue weighted by atomic mass is 10.1. The largest absolute Gasteiger partial charge is 0.411 e. The molecule has 26 heavy (non-hydrogen) atoms. The molecule has 3 N–H and O–H groups in total. The number of aliphatic imine (C=N–C) groups is 1. The molecular weight excluding hydrogens is 343 g/mol. The van der Waals surface area contributed by atoms with Crippen LogP contribution in [0.5, 0.6) is 0 Å². The highest BCUT2D eigenvalue weighted by Crippen LogP contribution is 2.16. The fourth-order valence-corrected chi connectivity index (χ4v) is 2.51. The van der Waals surface area contributed by atoms with Crippen LogP contribution in [0, 0.1) is 13.8 Å². The molecule has 0 saturated heterocycles. The number of ether oxygens (including phenoxy) is 1. The zero-order chi connectivity index (χ0) is 19.2. The van der Waals surface area contributed by atoms with E-state index >= 15 is 0 Å². The van der Waals surface area contributed by atoms with Gasteiger partial charge in [0, 0.05) is 5.69 Å². The third-order valence-corrected chi connectivity index (χ3v) is 3.45. The summed E-state index contributed by atoms with van der Waals surface area (Å²) in [7, 11) is 0. The third kappa shape index (κ3) is 7.14. The van der Waals surface area contributed by atoms with Crippen LogP contribution in [0.3, 0.4) is 0 Å². The highest BCUT2D eigenvalue weighted by atomic mass is 19.4. The fourth-order valence-electron chi connectivity index (χ4n) is 2.51. The molecule has 0 aromatic heterocycles. The van der Waals surface area contributed by atoms with E-state index < -0.39 is 12.8 Å². The quantitative estimate of drug-likeness (QED) is 0.592. The summed E-state index contributed by atoms with van der Waals surface area (Å²) in [6, 6.07) is 13.0. The number of aryl methyl sites for hydroxylation is 2. The van der Waals surface area contributed by atoms with Gasteiger partial charge in [-0.25, -0.2) is 4.99 Å². The van der Waals surface area contributed by atoms with E-state index in [1.54, 1.807) is 18.2 Å². The molecule has 0 atom stereocenters. The first-order valence-corrected chi connectivity index (χ1v) is 8.09. The lowest BCUT2D eigenvalue weighted by Gasteiger charge is -2.09. The number of rotatable bonds is 6. The van der Waals surface area contributed by atoms with Crippen molar-refractivity contribution in [3.8, 4) is 0 Å². The van der Waals surface area contributed by atoms with Crippen LogP contribution in [-0.4, -0.2) is 18.7 Å². The summed E-state index contributed by atoms with van der Waals surface area (Å²) in [6.07, 6.45) is -4.32. The topological polar surface area (TPSA) is 59.6 Å². The van der Waals surface area contributed by atoms with Crippen molar-refractivity contribution < 1.29 is 17.9 Å². The number of alkyl halides is 3. The van der Waals surface area contributed by atoms with Gasteiger partial charge in [-0.1, -0.05) is 30.3 Å². The molecule has 0 aliphatic carbocycles. The van der Waals surface area contributed by atoms with Crippen molar-refractivity contribution >= 4 is 11.6 Å². The van der Waals surface area contributed by atoms with Crippen LogP contribution in [0.25, 0.3) is 0 Å². The Morgan fingerprint density at radius 1 is 1.08 bits per heavy atom. The van der Waals surface area contributed by atoms with Crippen molar-refractivity contribution in [2.75, 3.05) is 11.9 Å². The molecule has 2 rings (SSSR count). The van der Waals surface area contributed by atoms with Crippen LogP contribution in [0.4, 0.5) is 18.9 Å². The molecule has 0 saturated carbocycles. The van der Waals surface area contributed by atoms with E-state index in [1.807, 2.05) is 32.0 Å². The summed E-state index contributed by atoms with van der Waals surface area (Å²) < 4.78 is 41.0. The van der Waals surface area contributed by atoms with E-state index in [-0.39, 0.29) is 12.6 Å². The Morgan fingerprint density at radius 3 is 2.38 bits per heavy atom. The van der Waals surface area contributed by atoms with Crippen LogP contribution < -0.4 is 11.1 Å². The SMILES string of the molecule is Cc1cc(C)cc(NC(N)=NCc2cccc(COCC(F)(F)F)c2)c1.